The lowest BCUT2D eigenvalue weighted by molar-refractivity contribution is -0.113. The van der Waals surface area contributed by atoms with Gasteiger partial charge in [0.25, 0.3) is 0 Å². The van der Waals surface area contributed by atoms with Crippen LogP contribution in [0.3, 0.4) is 0 Å². The van der Waals surface area contributed by atoms with E-state index in [0.717, 1.165) is 40.3 Å². The molecule has 0 radical (unpaired) electrons. The summed E-state index contributed by atoms with van der Waals surface area (Å²) >= 11 is 1.36. The van der Waals surface area contributed by atoms with E-state index in [4.69, 9.17) is 4.42 Å². The standard InChI is InChI=1S/C29H25N5O2S/c1-2-33-25-13-7-6-12-23(25)24-17-21(14-15-26(24)33)30-27(35)19-37-29-32-31-28(20-9-4-3-5-10-20)34(29)18-22-11-8-16-36-22/h3-17H,2,18-19H2,1H3,(H,30,35). The molecule has 0 aliphatic heterocycles. The van der Waals surface area contributed by atoms with Gasteiger partial charge in [-0.3, -0.25) is 9.36 Å². The summed E-state index contributed by atoms with van der Waals surface area (Å²) < 4.78 is 9.84. The molecule has 0 saturated heterocycles. The van der Waals surface area contributed by atoms with Gasteiger partial charge in [0.05, 0.1) is 18.6 Å². The summed E-state index contributed by atoms with van der Waals surface area (Å²) in [7, 11) is 0. The molecule has 0 unspecified atom stereocenters. The number of rotatable bonds is 8. The lowest BCUT2D eigenvalue weighted by Gasteiger charge is -2.09. The van der Waals surface area contributed by atoms with Crippen molar-refractivity contribution in [3.8, 4) is 11.4 Å². The molecule has 1 amide bonds. The quantitative estimate of drug-likeness (QED) is 0.240. The number of amides is 1. The molecule has 3 aromatic heterocycles. The van der Waals surface area contributed by atoms with E-state index in [1.807, 2.05) is 59.2 Å². The number of nitrogens with one attached hydrogen (secondary N) is 1. The minimum Gasteiger partial charge on any atom is -0.467 e. The normalized spacial score (nSPS) is 11.4. The Bertz CT molecular complexity index is 1690. The van der Waals surface area contributed by atoms with Gasteiger partial charge >= 0.3 is 0 Å². The Balaban J connectivity index is 1.22. The summed E-state index contributed by atoms with van der Waals surface area (Å²) in [6, 6.07) is 28.1. The average molecular weight is 508 g/mol. The van der Waals surface area contributed by atoms with E-state index in [9.17, 15) is 4.79 Å². The summed E-state index contributed by atoms with van der Waals surface area (Å²) in [5.41, 5.74) is 4.09. The van der Waals surface area contributed by atoms with Crippen molar-refractivity contribution in [1.29, 1.82) is 0 Å². The van der Waals surface area contributed by atoms with Gasteiger partial charge in [-0.25, -0.2) is 0 Å². The first kappa shape index (κ1) is 23.1. The Morgan fingerprint density at radius 3 is 2.51 bits per heavy atom. The third-order valence-corrected chi connectivity index (χ3v) is 7.31. The molecule has 0 spiro atoms. The van der Waals surface area contributed by atoms with Crippen molar-refractivity contribution in [2.75, 3.05) is 11.1 Å². The zero-order valence-electron chi connectivity index (χ0n) is 20.3. The lowest BCUT2D eigenvalue weighted by Crippen LogP contribution is -2.14. The van der Waals surface area contributed by atoms with Crippen LogP contribution in [0.4, 0.5) is 5.69 Å². The van der Waals surface area contributed by atoms with Crippen molar-refractivity contribution in [3.63, 3.8) is 0 Å². The van der Waals surface area contributed by atoms with E-state index in [0.29, 0.717) is 11.7 Å². The number of hydrogen-bond acceptors (Lipinski definition) is 5. The monoisotopic (exact) mass is 507 g/mol. The smallest absolute Gasteiger partial charge is 0.234 e. The molecule has 0 aliphatic carbocycles. The van der Waals surface area contributed by atoms with Gasteiger partial charge in [0.15, 0.2) is 11.0 Å². The first-order chi connectivity index (χ1) is 18.2. The molecule has 3 aromatic carbocycles. The highest BCUT2D eigenvalue weighted by atomic mass is 32.2. The number of nitrogens with zero attached hydrogens (tertiary/aromatic N) is 4. The Hall–Kier alpha value is -4.30. The number of furan rings is 1. The topological polar surface area (TPSA) is 77.9 Å². The summed E-state index contributed by atoms with van der Waals surface area (Å²) in [6.45, 7) is 3.51. The van der Waals surface area contributed by atoms with Gasteiger partial charge in [-0.1, -0.05) is 60.3 Å². The molecular formula is C29H25N5O2S. The highest BCUT2D eigenvalue weighted by molar-refractivity contribution is 7.99. The number of benzene rings is 3. The lowest BCUT2D eigenvalue weighted by atomic mass is 10.1. The molecule has 184 valence electrons. The Morgan fingerprint density at radius 1 is 0.892 bits per heavy atom. The second-order valence-electron chi connectivity index (χ2n) is 8.67. The molecule has 6 aromatic rings. The van der Waals surface area contributed by atoms with E-state index in [1.165, 1.54) is 22.7 Å². The molecule has 3 heterocycles. The molecule has 0 bridgehead atoms. The summed E-state index contributed by atoms with van der Waals surface area (Å²) in [5.74, 6) is 1.64. The van der Waals surface area contributed by atoms with Crippen molar-refractivity contribution < 1.29 is 9.21 Å². The average Bonchev–Trinajstić information content (AvgIpc) is 3.66. The number of aryl methyl sites for hydroxylation is 1. The van der Waals surface area contributed by atoms with Crippen LogP contribution >= 0.6 is 11.8 Å². The van der Waals surface area contributed by atoms with Crippen molar-refractivity contribution >= 4 is 45.2 Å². The SMILES string of the molecule is CCn1c2ccccc2c2cc(NC(=O)CSc3nnc(-c4ccccc4)n3Cc3ccco3)ccc21. The van der Waals surface area contributed by atoms with Crippen LogP contribution in [-0.4, -0.2) is 31.0 Å². The maximum Gasteiger partial charge on any atom is 0.234 e. The van der Waals surface area contributed by atoms with Gasteiger partial charge in [0, 0.05) is 39.6 Å². The molecule has 0 aliphatic rings. The molecule has 7 nitrogen and oxygen atoms in total. The maximum absolute atomic E-state index is 12.9. The van der Waals surface area contributed by atoms with Crippen LogP contribution in [0.5, 0.6) is 0 Å². The third kappa shape index (κ3) is 4.51. The van der Waals surface area contributed by atoms with E-state index < -0.39 is 0 Å². The van der Waals surface area contributed by atoms with Crippen LogP contribution in [-0.2, 0) is 17.9 Å². The highest BCUT2D eigenvalue weighted by Gasteiger charge is 2.17. The summed E-state index contributed by atoms with van der Waals surface area (Å²) in [6.07, 6.45) is 1.65. The largest absolute Gasteiger partial charge is 0.467 e. The predicted molar refractivity (Wildman–Crippen MR) is 148 cm³/mol. The number of aromatic nitrogens is 4. The van der Waals surface area contributed by atoms with E-state index in [1.54, 1.807) is 6.26 Å². The number of hydrogen-bond donors (Lipinski definition) is 1. The minimum absolute atomic E-state index is 0.0996. The first-order valence-electron chi connectivity index (χ1n) is 12.2. The number of carbonyl (C=O) groups is 1. The van der Waals surface area contributed by atoms with Gasteiger partial charge in [-0.15, -0.1) is 10.2 Å². The van der Waals surface area contributed by atoms with Crippen LogP contribution in [0.15, 0.2) is 101 Å². The molecule has 1 N–H and O–H groups in total. The van der Waals surface area contributed by atoms with Gasteiger partial charge in [-0.05, 0) is 43.3 Å². The van der Waals surface area contributed by atoms with Crippen LogP contribution in [0.2, 0.25) is 0 Å². The molecule has 0 fully saturated rings. The zero-order chi connectivity index (χ0) is 25.2. The van der Waals surface area contributed by atoms with Crippen molar-refractivity contribution in [3.05, 3.63) is 97.0 Å². The number of anilines is 1. The van der Waals surface area contributed by atoms with Crippen LogP contribution < -0.4 is 5.32 Å². The Labute approximate surface area is 218 Å². The van der Waals surface area contributed by atoms with Crippen molar-refractivity contribution in [2.45, 2.75) is 25.2 Å². The number of carbonyl (C=O) groups excluding carboxylic acids is 1. The fourth-order valence-corrected chi connectivity index (χ4v) is 5.43. The molecule has 0 atom stereocenters. The van der Waals surface area contributed by atoms with Crippen LogP contribution in [0.1, 0.15) is 12.7 Å². The molecular weight excluding hydrogens is 482 g/mol. The highest BCUT2D eigenvalue weighted by Crippen LogP contribution is 2.31. The fraction of sp³-hybridized carbons (Fsp3) is 0.138. The minimum atomic E-state index is -0.0996. The van der Waals surface area contributed by atoms with Gasteiger partial charge in [0.2, 0.25) is 5.91 Å². The first-order valence-corrected chi connectivity index (χ1v) is 13.1. The predicted octanol–water partition coefficient (Wildman–Crippen LogP) is 6.45. The second-order valence-corrected chi connectivity index (χ2v) is 9.61. The van der Waals surface area contributed by atoms with E-state index in [2.05, 4.69) is 57.3 Å². The molecule has 8 heteroatoms. The van der Waals surface area contributed by atoms with Gasteiger partial charge in [0.1, 0.15) is 5.76 Å². The number of thioether (sulfide) groups is 1. The number of fused-ring (bicyclic) bond motifs is 3. The van der Waals surface area contributed by atoms with E-state index in [-0.39, 0.29) is 11.7 Å². The molecule has 0 saturated carbocycles. The number of para-hydroxylation sites is 1. The second kappa shape index (κ2) is 9.99. The van der Waals surface area contributed by atoms with Crippen LogP contribution in [0.25, 0.3) is 33.2 Å². The Morgan fingerprint density at radius 2 is 1.70 bits per heavy atom. The summed E-state index contributed by atoms with van der Waals surface area (Å²) in [5, 5.41) is 14.8. The molecule has 37 heavy (non-hydrogen) atoms. The fourth-order valence-electron chi connectivity index (χ4n) is 4.70. The molecule has 6 rings (SSSR count). The van der Waals surface area contributed by atoms with Crippen LogP contribution in [0, 0.1) is 0 Å². The maximum atomic E-state index is 12.9. The van der Waals surface area contributed by atoms with Gasteiger partial charge < -0.3 is 14.3 Å². The third-order valence-electron chi connectivity index (χ3n) is 6.35. The Kier molecular flexibility index (Phi) is 6.24. The van der Waals surface area contributed by atoms with E-state index >= 15 is 0 Å². The van der Waals surface area contributed by atoms with Crippen molar-refractivity contribution in [2.24, 2.45) is 0 Å². The zero-order valence-corrected chi connectivity index (χ0v) is 21.1. The van der Waals surface area contributed by atoms with Crippen molar-refractivity contribution in [1.82, 2.24) is 19.3 Å². The van der Waals surface area contributed by atoms with Gasteiger partial charge in [-0.2, -0.15) is 0 Å². The summed E-state index contributed by atoms with van der Waals surface area (Å²) in [4.78, 5) is 12.9.